The molecule has 2 atom stereocenters. The number of primary amides is 1. The van der Waals surface area contributed by atoms with Crippen LogP contribution in [0.4, 0.5) is 0 Å². The maximum Gasteiger partial charge on any atom is 0.246 e. The summed E-state index contributed by atoms with van der Waals surface area (Å²) in [6.45, 7) is 2.44. The minimum Gasteiger partial charge on any atom is -0.369 e. The van der Waals surface area contributed by atoms with E-state index < -0.39 is 0 Å². The number of nitrogens with zero attached hydrogens (tertiary/aromatic N) is 1. The molecule has 19 heavy (non-hydrogen) atoms. The van der Waals surface area contributed by atoms with Crippen molar-refractivity contribution in [3.63, 3.8) is 0 Å². The minimum absolute atomic E-state index is 0.0492. The summed E-state index contributed by atoms with van der Waals surface area (Å²) in [6.07, 6.45) is 4.99. The van der Waals surface area contributed by atoms with Crippen molar-refractivity contribution in [1.82, 2.24) is 4.90 Å². The Morgan fingerprint density at radius 1 is 1.47 bits per heavy atom. The van der Waals surface area contributed by atoms with E-state index in [0.717, 1.165) is 17.7 Å². The molecule has 0 bridgehead atoms. The second-order valence-electron chi connectivity index (χ2n) is 4.87. The third-order valence-electron chi connectivity index (χ3n) is 3.50. The first kappa shape index (κ1) is 13.8. The van der Waals surface area contributed by atoms with Gasteiger partial charge in [-0.05, 0) is 37.3 Å². The van der Waals surface area contributed by atoms with Crippen LogP contribution in [0.2, 0.25) is 0 Å². The van der Waals surface area contributed by atoms with Crippen molar-refractivity contribution >= 4 is 29.2 Å². The van der Waals surface area contributed by atoms with Gasteiger partial charge in [0, 0.05) is 23.5 Å². The molecule has 1 saturated heterocycles. The molecule has 0 radical (unpaired) electrons. The quantitative estimate of drug-likeness (QED) is 0.858. The first-order valence-corrected chi connectivity index (χ1v) is 7.27. The molecule has 1 aromatic heterocycles. The Hall–Kier alpha value is -1.62. The largest absolute Gasteiger partial charge is 0.369 e. The number of thiophene rings is 1. The van der Waals surface area contributed by atoms with E-state index >= 15 is 0 Å². The summed E-state index contributed by atoms with van der Waals surface area (Å²) >= 11 is 1.59. The lowest BCUT2D eigenvalue weighted by Crippen LogP contribution is -2.48. The predicted octanol–water partition coefficient (Wildman–Crippen LogP) is 1.87. The van der Waals surface area contributed by atoms with E-state index in [0.29, 0.717) is 6.54 Å². The summed E-state index contributed by atoms with van der Waals surface area (Å²) in [5.74, 6) is -0.575. The molecule has 4 nitrogen and oxygen atoms in total. The average molecular weight is 278 g/mol. The number of likely N-dealkylation sites (tertiary alicyclic amines) is 1. The van der Waals surface area contributed by atoms with Gasteiger partial charge in [0.25, 0.3) is 0 Å². The first-order chi connectivity index (χ1) is 9.08. The molecule has 2 unspecified atom stereocenters. The van der Waals surface area contributed by atoms with Crippen LogP contribution in [0.15, 0.2) is 23.6 Å². The van der Waals surface area contributed by atoms with Gasteiger partial charge in [-0.2, -0.15) is 0 Å². The molecule has 2 amide bonds. The molecule has 1 aliphatic heterocycles. The highest BCUT2D eigenvalue weighted by Crippen LogP contribution is 2.22. The Balaban J connectivity index is 2.02. The van der Waals surface area contributed by atoms with E-state index in [1.54, 1.807) is 22.3 Å². The van der Waals surface area contributed by atoms with E-state index in [-0.39, 0.29) is 23.8 Å². The molecule has 1 aliphatic rings. The lowest BCUT2D eigenvalue weighted by atomic mass is 9.93. The SMILES string of the molecule is CC1CCC(C(N)=O)CN1C(=O)/C=C/c1cccs1. The number of hydrogen-bond acceptors (Lipinski definition) is 3. The standard InChI is InChI=1S/C14H18N2O2S/c1-10-4-5-11(14(15)18)9-16(10)13(17)7-6-12-3-2-8-19-12/h2-3,6-8,10-11H,4-5,9H2,1H3,(H2,15,18)/b7-6+. The van der Waals surface area contributed by atoms with Crippen LogP contribution in [0.5, 0.6) is 0 Å². The number of amides is 2. The van der Waals surface area contributed by atoms with E-state index in [9.17, 15) is 9.59 Å². The Morgan fingerprint density at radius 2 is 2.26 bits per heavy atom. The van der Waals surface area contributed by atoms with Gasteiger partial charge in [-0.3, -0.25) is 9.59 Å². The lowest BCUT2D eigenvalue weighted by molar-refractivity contribution is -0.133. The number of nitrogens with two attached hydrogens (primary N) is 1. The summed E-state index contributed by atoms with van der Waals surface area (Å²) in [6, 6.07) is 4.07. The van der Waals surface area contributed by atoms with Gasteiger partial charge < -0.3 is 10.6 Å². The van der Waals surface area contributed by atoms with Gasteiger partial charge in [0.1, 0.15) is 0 Å². The summed E-state index contributed by atoms with van der Waals surface area (Å²) in [5.41, 5.74) is 5.33. The Kier molecular flexibility index (Phi) is 4.37. The number of carbonyl (C=O) groups excluding carboxylic acids is 2. The second-order valence-corrected chi connectivity index (χ2v) is 5.84. The van der Waals surface area contributed by atoms with Gasteiger partial charge in [0.2, 0.25) is 11.8 Å². The van der Waals surface area contributed by atoms with Crippen LogP contribution in [0.3, 0.4) is 0 Å². The molecule has 0 aromatic carbocycles. The topological polar surface area (TPSA) is 63.4 Å². The Morgan fingerprint density at radius 3 is 2.89 bits per heavy atom. The number of carbonyl (C=O) groups is 2. The Labute approximate surface area is 116 Å². The second kappa shape index (κ2) is 6.02. The molecule has 0 spiro atoms. The fraction of sp³-hybridized carbons (Fsp3) is 0.429. The van der Waals surface area contributed by atoms with Gasteiger partial charge >= 0.3 is 0 Å². The fourth-order valence-corrected chi connectivity index (χ4v) is 2.90. The summed E-state index contributed by atoms with van der Waals surface area (Å²) in [4.78, 5) is 26.2. The van der Waals surface area contributed by atoms with Gasteiger partial charge in [-0.25, -0.2) is 0 Å². The monoisotopic (exact) mass is 278 g/mol. The molecule has 2 rings (SSSR count). The highest BCUT2D eigenvalue weighted by Gasteiger charge is 2.30. The van der Waals surface area contributed by atoms with Crippen LogP contribution in [0.25, 0.3) is 6.08 Å². The Bertz CT molecular complexity index is 482. The zero-order chi connectivity index (χ0) is 13.8. The third kappa shape index (κ3) is 3.44. The van der Waals surface area contributed by atoms with Crippen LogP contribution in [-0.2, 0) is 9.59 Å². The van der Waals surface area contributed by atoms with Gasteiger partial charge in [0.15, 0.2) is 0 Å². The van der Waals surface area contributed by atoms with Crippen LogP contribution in [-0.4, -0.2) is 29.3 Å². The highest BCUT2D eigenvalue weighted by molar-refractivity contribution is 7.10. The zero-order valence-corrected chi connectivity index (χ0v) is 11.7. The minimum atomic E-state index is -0.313. The summed E-state index contributed by atoms with van der Waals surface area (Å²) < 4.78 is 0. The van der Waals surface area contributed by atoms with Crippen molar-refractivity contribution in [2.45, 2.75) is 25.8 Å². The van der Waals surface area contributed by atoms with E-state index in [4.69, 9.17) is 5.73 Å². The summed E-state index contributed by atoms with van der Waals surface area (Å²) in [5, 5.41) is 1.97. The molecular formula is C14H18N2O2S. The summed E-state index contributed by atoms with van der Waals surface area (Å²) in [7, 11) is 0. The fourth-order valence-electron chi connectivity index (χ4n) is 2.28. The van der Waals surface area contributed by atoms with E-state index in [2.05, 4.69) is 0 Å². The average Bonchev–Trinajstić information content (AvgIpc) is 2.89. The molecule has 0 saturated carbocycles. The smallest absolute Gasteiger partial charge is 0.246 e. The normalized spacial score (nSPS) is 23.7. The van der Waals surface area contributed by atoms with E-state index in [1.165, 1.54) is 0 Å². The molecule has 102 valence electrons. The number of hydrogen-bond donors (Lipinski definition) is 1. The number of rotatable bonds is 3. The van der Waals surface area contributed by atoms with Crippen molar-refractivity contribution in [2.24, 2.45) is 11.7 Å². The molecule has 1 aromatic rings. The lowest BCUT2D eigenvalue weighted by Gasteiger charge is -2.36. The number of piperidine rings is 1. The zero-order valence-electron chi connectivity index (χ0n) is 10.9. The van der Waals surface area contributed by atoms with Gasteiger partial charge in [-0.1, -0.05) is 6.07 Å². The molecule has 2 N–H and O–H groups in total. The molecule has 0 aliphatic carbocycles. The van der Waals surface area contributed by atoms with Gasteiger partial charge in [0.05, 0.1) is 5.92 Å². The van der Waals surface area contributed by atoms with Crippen molar-refractivity contribution < 1.29 is 9.59 Å². The molecule has 1 fully saturated rings. The van der Waals surface area contributed by atoms with Crippen LogP contribution >= 0.6 is 11.3 Å². The van der Waals surface area contributed by atoms with Crippen LogP contribution in [0.1, 0.15) is 24.6 Å². The van der Waals surface area contributed by atoms with E-state index in [1.807, 2.05) is 30.5 Å². The molecule has 5 heteroatoms. The van der Waals surface area contributed by atoms with Gasteiger partial charge in [-0.15, -0.1) is 11.3 Å². The van der Waals surface area contributed by atoms with Crippen molar-refractivity contribution in [3.8, 4) is 0 Å². The van der Waals surface area contributed by atoms with Crippen molar-refractivity contribution in [3.05, 3.63) is 28.5 Å². The van der Waals surface area contributed by atoms with Crippen LogP contribution in [0, 0.1) is 5.92 Å². The predicted molar refractivity (Wildman–Crippen MR) is 76.4 cm³/mol. The maximum absolute atomic E-state index is 12.2. The van der Waals surface area contributed by atoms with Crippen molar-refractivity contribution in [1.29, 1.82) is 0 Å². The maximum atomic E-state index is 12.2. The highest BCUT2D eigenvalue weighted by atomic mass is 32.1. The molecular weight excluding hydrogens is 260 g/mol. The molecule has 2 heterocycles. The first-order valence-electron chi connectivity index (χ1n) is 6.39. The third-order valence-corrected chi connectivity index (χ3v) is 4.34. The van der Waals surface area contributed by atoms with Crippen molar-refractivity contribution in [2.75, 3.05) is 6.54 Å². The van der Waals surface area contributed by atoms with Crippen LogP contribution < -0.4 is 5.73 Å².